The molecule has 3 aromatic rings. The number of aromatic hydroxyl groups is 1. The van der Waals surface area contributed by atoms with Gasteiger partial charge in [-0.2, -0.15) is 20.1 Å². The fraction of sp³-hybridized carbons (Fsp3) is 0.200. The normalized spacial score (nSPS) is 13.5. The Bertz CT molecular complexity index is 1280. The molecular formula is C20H19N9O6. The Morgan fingerprint density at radius 2 is 1.71 bits per heavy atom. The van der Waals surface area contributed by atoms with Crippen molar-refractivity contribution in [1.29, 1.82) is 0 Å². The van der Waals surface area contributed by atoms with Crippen molar-refractivity contribution in [1.82, 2.24) is 15.0 Å². The summed E-state index contributed by atoms with van der Waals surface area (Å²) in [6.07, 6.45) is 1.19. The van der Waals surface area contributed by atoms with Crippen molar-refractivity contribution in [3.05, 3.63) is 68.3 Å². The van der Waals surface area contributed by atoms with Crippen LogP contribution in [0.2, 0.25) is 0 Å². The summed E-state index contributed by atoms with van der Waals surface area (Å²) < 4.78 is 5.36. The van der Waals surface area contributed by atoms with E-state index in [4.69, 9.17) is 4.74 Å². The van der Waals surface area contributed by atoms with Gasteiger partial charge in [-0.15, -0.1) is 0 Å². The number of phenolic OH excluding ortho intramolecular Hbond substituents is 1. The number of hydrogen-bond acceptors (Lipinski definition) is 13. The molecule has 1 aliphatic rings. The summed E-state index contributed by atoms with van der Waals surface area (Å²) in [5.41, 5.74) is 2.83. The fourth-order valence-corrected chi connectivity index (χ4v) is 3.12. The Morgan fingerprint density at radius 3 is 2.46 bits per heavy atom. The van der Waals surface area contributed by atoms with Crippen molar-refractivity contribution in [2.24, 2.45) is 5.10 Å². The summed E-state index contributed by atoms with van der Waals surface area (Å²) in [6.45, 7) is 2.08. The third kappa shape index (κ3) is 5.91. The Morgan fingerprint density at radius 1 is 1.00 bits per heavy atom. The van der Waals surface area contributed by atoms with Gasteiger partial charge in [0.25, 0.3) is 11.4 Å². The van der Waals surface area contributed by atoms with E-state index >= 15 is 0 Å². The standard InChI is InChI=1S/C20H19N9O6/c30-17-5-4-16(29(33)34)10-13(17)12-21-26-19-23-18(22-14-2-1-3-15(11-14)28(31)32)24-20(25-19)27-6-8-35-9-7-27/h1-5,10-12,30H,6-9H2,(H2,22,23,24,25,26)/b21-12-. The smallest absolute Gasteiger partial charge is 0.271 e. The summed E-state index contributed by atoms with van der Waals surface area (Å²) in [7, 11) is 0. The number of phenols is 1. The Labute approximate surface area is 197 Å². The van der Waals surface area contributed by atoms with Crippen LogP contribution in [0.1, 0.15) is 5.56 Å². The first-order valence-electron chi connectivity index (χ1n) is 10.3. The highest BCUT2D eigenvalue weighted by Crippen LogP contribution is 2.23. The molecule has 0 bridgehead atoms. The minimum absolute atomic E-state index is 0.0376. The van der Waals surface area contributed by atoms with Crippen molar-refractivity contribution >= 4 is 41.1 Å². The Hall–Kier alpha value is -4.92. The van der Waals surface area contributed by atoms with Gasteiger partial charge in [0.2, 0.25) is 17.8 Å². The Kier molecular flexibility index (Phi) is 6.87. The quantitative estimate of drug-likeness (QED) is 0.242. The van der Waals surface area contributed by atoms with Gasteiger partial charge >= 0.3 is 0 Å². The molecule has 0 atom stereocenters. The molecule has 0 amide bonds. The molecule has 1 aromatic heterocycles. The molecule has 0 radical (unpaired) electrons. The average molecular weight is 481 g/mol. The van der Waals surface area contributed by atoms with Crippen LogP contribution in [0.4, 0.5) is 34.9 Å². The number of ether oxygens (including phenoxy) is 1. The van der Waals surface area contributed by atoms with Gasteiger partial charge in [-0.05, 0) is 12.1 Å². The van der Waals surface area contributed by atoms with Crippen LogP contribution in [0.15, 0.2) is 47.6 Å². The topological polar surface area (TPSA) is 194 Å². The maximum Gasteiger partial charge on any atom is 0.271 e. The second kappa shape index (κ2) is 10.3. The second-order valence-corrected chi connectivity index (χ2v) is 7.18. The molecule has 2 aromatic carbocycles. The highest BCUT2D eigenvalue weighted by molar-refractivity contribution is 5.84. The van der Waals surface area contributed by atoms with E-state index in [9.17, 15) is 25.3 Å². The van der Waals surface area contributed by atoms with Crippen LogP contribution in [0, 0.1) is 20.2 Å². The van der Waals surface area contributed by atoms with Crippen molar-refractivity contribution in [2.75, 3.05) is 41.9 Å². The van der Waals surface area contributed by atoms with E-state index in [0.717, 1.165) is 0 Å². The molecule has 35 heavy (non-hydrogen) atoms. The number of anilines is 4. The van der Waals surface area contributed by atoms with Crippen LogP contribution in [-0.2, 0) is 4.74 Å². The van der Waals surface area contributed by atoms with Crippen LogP contribution in [0.5, 0.6) is 5.75 Å². The molecule has 0 unspecified atom stereocenters. The van der Waals surface area contributed by atoms with Gasteiger partial charge in [0.05, 0.1) is 29.3 Å². The number of nitro groups is 2. The lowest BCUT2D eigenvalue weighted by atomic mass is 10.2. The van der Waals surface area contributed by atoms with E-state index < -0.39 is 9.85 Å². The number of hydrogen-bond donors (Lipinski definition) is 3. The molecule has 0 saturated carbocycles. The molecule has 1 saturated heterocycles. The zero-order valence-corrected chi connectivity index (χ0v) is 18.1. The first-order chi connectivity index (χ1) is 16.9. The molecular weight excluding hydrogens is 462 g/mol. The maximum absolute atomic E-state index is 11.1. The van der Waals surface area contributed by atoms with E-state index in [0.29, 0.717) is 37.9 Å². The molecule has 1 aliphatic heterocycles. The van der Waals surface area contributed by atoms with Crippen LogP contribution in [0.25, 0.3) is 0 Å². The van der Waals surface area contributed by atoms with Gasteiger partial charge in [0.1, 0.15) is 5.75 Å². The fourth-order valence-electron chi connectivity index (χ4n) is 3.12. The number of benzene rings is 2. The van der Waals surface area contributed by atoms with Crippen molar-refractivity contribution in [2.45, 2.75) is 0 Å². The van der Waals surface area contributed by atoms with Gasteiger partial charge in [0, 0.05) is 48.6 Å². The molecule has 15 nitrogen and oxygen atoms in total. The van der Waals surface area contributed by atoms with E-state index in [1.807, 2.05) is 4.90 Å². The van der Waals surface area contributed by atoms with E-state index in [1.165, 1.54) is 42.6 Å². The van der Waals surface area contributed by atoms with Crippen LogP contribution in [0.3, 0.4) is 0 Å². The molecule has 1 fully saturated rings. The molecule has 180 valence electrons. The van der Waals surface area contributed by atoms with Crippen LogP contribution in [-0.4, -0.2) is 62.4 Å². The number of aromatic nitrogens is 3. The highest BCUT2D eigenvalue weighted by Gasteiger charge is 2.17. The summed E-state index contributed by atoms with van der Waals surface area (Å²) in [5.74, 6) is 0.277. The van der Waals surface area contributed by atoms with Crippen LogP contribution >= 0.6 is 0 Å². The lowest BCUT2D eigenvalue weighted by molar-refractivity contribution is -0.385. The summed E-state index contributed by atoms with van der Waals surface area (Å²) in [6, 6.07) is 9.40. The van der Waals surface area contributed by atoms with Gasteiger partial charge in [-0.3, -0.25) is 20.2 Å². The zero-order chi connectivity index (χ0) is 24.8. The molecule has 4 rings (SSSR count). The number of rotatable bonds is 8. The highest BCUT2D eigenvalue weighted by atomic mass is 16.6. The number of non-ortho nitro benzene ring substituents is 2. The number of morpholine rings is 1. The molecule has 15 heteroatoms. The number of nitrogens with zero attached hydrogens (tertiary/aromatic N) is 7. The number of hydrazone groups is 1. The molecule has 0 spiro atoms. The molecule has 0 aliphatic carbocycles. The van der Waals surface area contributed by atoms with Gasteiger partial charge < -0.3 is 20.1 Å². The monoisotopic (exact) mass is 481 g/mol. The third-order valence-corrected chi connectivity index (χ3v) is 4.82. The molecule has 3 N–H and O–H groups in total. The predicted octanol–water partition coefficient (Wildman–Crippen LogP) is 2.42. The Balaban J connectivity index is 1.60. The third-order valence-electron chi connectivity index (χ3n) is 4.82. The van der Waals surface area contributed by atoms with Crippen molar-refractivity contribution in [3.8, 4) is 5.75 Å². The SMILES string of the molecule is O=[N+]([O-])c1cccc(Nc2nc(N/N=C\c3cc([N+](=O)[O-])ccc3O)nc(N3CCOCC3)n2)c1. The van der Waals surface area contributed by atoms with Gasteiger partial charge in [0.15, 0.2) is 0 Å². The zero-order valence-electron chi connectivity index (χ0n) is 18.1. The minimum atomic E-state index is -0.587. The largest absolute Gasteiger partial charge is 0.507 e. The van der Waals surface area contributed by atoms with Crippen LogP contribution < -0.4 is 15.6 Å². The van der Waals surface area contributed by atoms with Gasteiger partial charge in [-0.1, -0.05) is 6.07 Å². The maximum atomic E-state index is 11.1. The summed E-state index contributed by atoms with van der Waals surface area (Å²) in [4.78, 5) is 35.8. The van der Waals surface area contributed by atoms with E-state index in [-0.39, 0.29) is 34.6 Å². The number of nitro benzene ring substituents is 2. The first-order valence-corrected chi connectivity index (χ1v) is 10.3. The number of nitrogens with one attached hydrogen (secondary N) is 2. The minimum Gasteiger partial charge on any atom is -0.507 e. The predicted molar refractivity (Wildman–Crippen MR) is 125 cm³/mol. The lowest BCUT2D eigenvalue weighted by Gasteiger charge is -2.27. The first kappa shape index (κ1) is 23.2. The van der Waals surface area contributed by atoms with Gasteiger partial charge in [-0.25, -0.2) is 5.43 Å². The lowest BCUT2D eigenvalue weighted by Crippen LogP contribution is -2.37. The van der Waals surface area contributed by atoms with Crippen molar-refractivity contribution < 1.29 is 19.7 Å². The summed E-state index contributed by atoms with van der Waals surface area (Å²) in [5, 5.41) is 38.9. The van der Waals surface area contributed by atoms with Crippen molar-refractivity contribution in [3.63, 3.8) is 0 Å². The second-order valence-electron chi connectivity index (χ2n) is 7.18. The average Bonchev–Trinajstić information content (AvgIpc) is 2.85. The summed E-state index contributed by atoms with van der Waals surface area (Å²) >= 11 is 0. The molecule has 2 heterocycles. The van der Waals surface area contributed by atoms with E-state index in [1.54, 1.807) is 6.07 Å². The van der Waals surface area contributed by atoms with E-state index in [2.05, 4.69) is 30.8 Å².